The van der Waals surface area contributed by atoms with Crippen molar-refractivity contribution in [3.63, 3.8) is 0 Å². The Morgan fingerprint density at radius 3 is 1.67 bits per heavy atom. The Balaban J connectivity index is 1.79. The van der Waals surface area contributed by atoms with Gasteiger partial charge in [-0.3, -0.25) is 0 Å². The molecule has 4 aliphatic rings. The number of nitrogens with zero attached hydrogens (tertiary/aromatic N) is 1. The Labute approximate surface area is 94.2 Å². The molecule has 0 radical (unpaired) electrons. The normalized spacial score (nSPS) is 47.8. The summed E-state index contributed by atoms with van der Waals surface area (Å²) in [5.41, 5.74) is 0. The highest BCUT2D eigenvalue weighted by atomic mass is 15.2. The van der Waals surface area contributed by atoms with Gasteiger partial charge in [-0.2, -0.15) is 0 Å². The highest BCUT2D eigenvalue weighted by Crippen LogP contribution is 2.55. The molecule has 0 spiro atoms. The summed E-state index contributed by atoms with van der Waals surface area (Å²) in [6.07, 6.45) is 7.84. The van der Waals surface area contributed by atoms with E-state index in [1.54, 1.807) is 32.1 Å². The topological polar surface area (TPSA) is 3.24 Å². The average molecular weight is 207 g/mol. The van der Waals surface area contributed by atoms with E-state index in [2.05, 4.69) is 18.7 Å². The van der Waals surface area contributed by atoms with Gasteiger partial charge in [0.1, 0.15) is 0 Å². The predicted octanol–water partition coefficient (Wildman–Crippen LogP) is 3.15. The molecular formula is C14H25N. The lowest BCUT2D eigenvalue weighted by atomic mass is 9.54. The van der Waals surface area contributed by atoms with Crippen LogP contribution in [0.5, 0.6) is 0 Å². The van der Waals surface area contributed by atoms with Crippen molar-refractivity contribution < 1.29 is 0 Å². The Hall–Kier alpha value is -0.0400. The first-order chi connectivity index (χ1) is 7.31. The van der Waals surface area contributed by atoms with Crippen LogP contribution in [0.1, 0.15) is 46.0 Å². The minimum absolute atomic E-state index is 0.966. The van der Waals surface area contributed by atoms with Crippen molar-refractivity contribution in [1.29, 1.82) is 0 Å². The van der Waals surface area contributed by atoms with Gasteiger partial charge in [0.15, 0.2) is 0 Å². The van der Waals surface area contributed by atoms with E-state index in [9.17, 15) is 0 Å². The molecule has 0 aromatic carbocycles. The van der Waals surface area contributed by atoms with Gasteiger partial charge in [0.25, 0.3) is 0 Å². The second-order valence-corrected chi connectivity index (χ2v) is 6.14. The van der Waals surface area contributed by atoms with Crippen molar-refractivity contribution >= 4 is 0 Å². The zero-order chi connectivity index (χ0) is 10.4. The van der Waals surface area contributed by atoms with Crippen LogP contribution in [-0.2, 0) is 0 Å². The minimum atomic E-state index is 0.966. The fourth-order valence-corrected chi connectivity index (χ4v) is 5.14. The lowest BCUT2D eigenvalue weighted by Gasteiger charge is -2.57. The van der Waals surface area contributed by atoms with Crippen LogP contribution in [-0.4, -0.2) is 24.0 Å². The SMILES string of the molecule is CCN(CC)C1C2CC3CC(C2)CC1C3. The largest absolute Gasteiger partial charge is 0.300 e. The van der Waals surface area contributed by atoms with E-state index in [-0.39, 0.29) is 0 Å². The van der Waals surface area contributed by atoms with Crippen molar-refractivity contribution in [3.8, 4) is 0 Å². The number of hydrogen-bond donors (Lipinski definition) is 0. The van der Waals surface area contributed by atoms with Crippen molar-refractivity contribution in [2.75, 3.05) is 13.1 Å². The molecule has 0 heterocycles. The third kappa shape index (κ3) is 1.54. The van der Waals surface area contributed by atoms with Crippen molar-refractivity contribution in [3.05, 3.63) is 0 Å². The Bertz CT molecular complexity index is 203. The van der Waals surface area contributed by atoms with Crippen LogP contribution in [0.4, 0.5) is 0 Å². The third-order valence-corrected chi connectivity index (χ3v) is 5.41. The predicted molar refractivity (Wildman–Crippen MR) is 63.8 cm³/mol. The lowest BCUT2D eigenvalue weighted by molar-refractivity contribution is -0.0623. The quantitative estimate of drug-likeness (QED) is 0.687. The Morgan fingerprint density at radius 2 is 1.27 bits per heavy atom. The van der Waals surface area contributed by atoms with E-state index in [1.165, 1.54) is 13.1 Å². The van der Waals surface area contributed by atoms with Crippen LogP contribution in [0.2, 0.25) is 0 Å². The summed E-state index contributed by atoms with van der Waals surface area (Å²) in [7, 11) is 0. The molecule has 4 rings (SSSR count). The van der Waals surface area contributed by atoms with E-state index in [0.29, 0.717) is 0 Å². The van der Waals surface area contributed by atoms with Crippen LogP contribution in [0.25, 0.3) is 0 Å². The standard InChI is InChI=1S/C14H25N/c1-3-15(4-2)14-12-6-10-5-11(8-12)9-13(14)7-10/h10-14H,3-9H2,1-2H3. The molecule has 1 nitrogen and oxygen atoms in total. The van der Waals surface area contributed by atoms with Gasteiger partial charge in [0, 0.05) is 6.04 Å². The molecule has 0 aromatic heterocycles. The fourth-order valence-electron chi connectivity index (χ4n) is 5.14. The van der Waals surface area contributed by atoms with Crippen LogP contribution in [0.3, 0.4) is 0 Å². The van der Waals surface area contributed by atoms with Gasteiger partial charge >= 0.3 is 0 Å². The van der Waals surface area contributed by atoms with E-state index >= 15 is 0 Å². The molecule has 4 bridgehead atoms. The second-order valence-electron chi connectivity index (χ2n) is 6.14. The zero-order valence-electron chi connectivity index (χ0n) is 10.3. The Morgan fingerprint density at radius 1 is 0.800 bits per heavy atom. The number of hydrogen-bond acceptors (Lipinski definition) is 1. The maximum Gasteiger partial charge on any atom is 0.0152 e. The maximum atomic E-state index is 2.76. The molecule has 4 saturated carbocycles. The van der Waals surface area contributed by atoms with Crippen molar-refractivity contribution in [1.82, 2.24) is 4.90 Å². The molecule has 0 N–H and O–H groups in total. The monoisotopic (exact) mass is 207 g/mol. The van der Waals surface area contributed by atoms with Gasteiger partial charge < -0.3 is 4.90 Å². The minimum Gasteiger partial charge on any atom is -0.300 e. The highest BCUT2D eigenvalue weighted by molar-refractivity contribution is 5.01. The first kappa shape index (κ1) is 10.1. The summed E-state index contributed by atoms with van der Waals surface area (Å²) in [5.74, 6) is 4.39. The zero-order valence-corrected chi connectivity index (χ0v) is 10.3. The molecule has 0 aliphatic heterocycles. The number of rotatable bonds is 3. The molecule has 0 saturated heterocycles. The van der Waals surface area contributed by atoms with E-state index in [1.807, 2.05) is 0 Å². The molecule has 0 aromatic rings. The molecule has 15 heavy (non-hydrogen) atoms. The van der Waals surface area contributed by atoms with E-state index in [0.717, 1.165) is 29.7 Å². The maximum absolute atomic E-state index is 2.76. The molecule has 0 unspecified atom stereocenters. The van der Waals surface area contributed by atoms with Crippen LogP contribution in [0.15, 0.2) is 0 Å². The van der Waals surface area contributed by atoms with Gasteiger partial charge in [0.2, 0.25) is 0 Å². The van der Waals surface area contributed by atoms with E-state index < -0.39 is 0 Å². The molecule has 4 aliphatic carbocycles. The van der Waals surface area contributed by atoms with Crippen LogP contribution < -0.4 is 0 Å². The van der Waals surface area contributed by atoms with Gasteiger partial charge in [0.05, 0.1) is 0 Å². The molecule has 4 fully saturated rings. The molecular weight excluding hydrogens is 182 g/mol. The average Bonchev–Trinajstić information content (AvgIpc) is 2.22. The summed E-state index contributed by atoms with van der Waals surface area (Å²) in [6, 6.07) is 0.966. The van der Waals surface area contributed by atoms with E-state index in [4.69, 9.17) is 0 Å². The summed E-state index contributed by atoms with van der Waals surface area (Å²) in [4.78, 5) is 2.76. The van der Waals surface area contributed by atoms with Crippen LogP contribution >= 0.6 is 0 Å². The first-order valence-electron chi connectivity index (χ1n) is 7.05. The van der Waals surface area contributed by atoms with Gasteiger partial charge in [-0.1, -0.05) is 13.8 Å². The third-order valence-electron chi connectivity index (χ3n) is 5.41. The smallest absolute Gasteiger partial charge is 0.0152 e. The summed E-state index contributed by atoms with van der Waals surface area (Å²) in [5, 5.41) is 0. The lowest BCUT2D eigenvalue weighted by Crippen LogP contribution is -2.55. The molecule has 0 atom stereocenters. The summed E-state index contributed by atoms with van der Waals surface area (Å²) >= 11 is 0. The van der Waals surface area contributed by atoms with Gasteiger partial charge in [-0.25, -0.2) is 0 Å². The van der Waals surface area contributed by atoms with Crippen LogP contribution in [0, 0.1) is 23.7 Å². The highest BCUT2D eigenvalue weighted by Gasteiger charge is 2.49. The van der Waals surface area contributed by atoms with Gasteiger partial charge in [-0.05, 0) is 68.9 Å². The molecule has 0 amide bonds. The molecule has 86 valence electrons. The summed E-state index contributed by atoms with van der Waals surface area (Å²) in [6.45, 7) is 7.22. The van der Waals surface area contributed by atoms with Gasteiger partial charge in [-0.15, -0.1) is 0 Å². The Kier molecular flexibility index (Phi) is 2.54. The molecule has 1 heteroatoms. The second kappa shape index (κ2) is 3.76. The van der Waals surface area contributed by atoms with Crippen molar-refractivity contribution in [2.24, 2.45) is 23.7 Å². The fraction of sp³-hybridized carbons (Fsp3) is 1.00. The first-order valence-corrected chi connectivity index (χ1v) is 7.05. The van der Waals surface area contributed by atoms with Crippen molar-refractivity contribution in [2.45, 2.75) is 52.0 Å². The summed E-state index contributed by atoms with van der Waals surface area (Å²) < 4.78 is 0.